The second kappa shape index (κ2) is 8.86. The maximum Gasteiger partial charge on any atom is 0.253 e. The predicted molar refractivity (Wildman–Crippen MR) is 87.6 cm³/mol. The average Bonchev–Trinajstić information content (AvgIpc) is 2.52. The summed E-state index contributed by atoms with van der Waals surface area (Å²) in [6, 6.07) is 5.20. The molecule has 0 radical (unpaired) electrons. The summed E-state index contributed by atoms with van der Waals surface area (Å²) in [4.78, 5) is 21.0. The highest BCUT2D eigenvalue weighted by atomic mass is 35.5. The Balaban J connectivity index is 2.87. The number of hydrogen-bond donors (Lipinski definition) is 3. The van der Waals surface area contributed by atoms with Crippen molar-refractivity contribution in [2.45, 2.75) is 23.9 Å². The number of hydrogen-bond acceptors (Lipinski definition) is 3. The molecule has 0 unspecified atom stereocenters. The van der Waals surface area contributed by atoms with E-state index < -0.39 is 35.5 Å². The van der Waals surface area contributed by atoms with Gasteiger partial charge in [-0.05, 0) is 24.1 Å². The van der Waals surface area contributed by atoms with Crippen molar-refractivity contribution in [2.75, 3.05) is 6.67 Å². The van der Waals surface area contributed by atoms with Crippen molar-refractivity contribution < 1.29 is 19.1 Å². The smallest absolute Gasteiger partial charge is 0.253 e. The normalized spacial score (nSPS) is 14.4. The lowest BCUT2D eigenvalue weighted by molar-refractivity contribution is -0.121. The van der Waals surface area contributed by atoms with Gasteiger partial charge in [-0.2, -0.15) is 0 Å². The Morgan fingerprint density at radius 3 is 2.35 bits per heavy atom. The van der Waals surface area contributed by atoms with Crippen LogP contribution >= 0.6 is 23.2 Å². The van der Waals surface area contributed by atoms with E-state index in [-0.39, 0.29) is 0 Å². The lowest BCUT2D eigenvalue weighted by Gasteiger charge is -2.22. The molecule has 0 spiro atoms. The van der Waals surface area contributed by atoms with Gasteiger partial charge in [-0.25, -0.2) is 4.39 Å². The number of aliphatic hydroxyl groups excluding tert-OH is 1. The number of carbonyl (C=O) groups is 2. The third-order valence-corrected chi connectivity index (χ3v) is 3.52. The fraction of sp³-hybridized carbons (Fsp3) is 0.333. The SMILES string of the molecule is C/C(=C\c1ccc([C@@H](O)[C@@H](CF)NC(=O)C(Cl)Cl)cc1)C(N)=O. The summed E-state index contributed by atoms with van der Waals surface area (Å²) in [5.41, 5.74) is 6.60. The molecule has 1 aromatic rings. The van der Waals surface area contributed by atoms with Crippen LogP contribution in [0, 0.1) is 0 Å². The molecule has 0 bridgehead atoms. The third kappa shape index (κ3) is 5.82. The van der Waals surface area contributed by atoms with Crippen LogP contribution in [0.2, 0.25) is 0 Å². The van der Waals surface area contributed by atoms with Gasteiger partial charge >= 0.3 is 0 Å². The zero-order valence-electron chi connectivity index (χ0n) is 12.3. The van der Waals surface area contributed by atoms with Gasteiger partial charge in [0, 0.05) is 5.57 Å². The molecule has 0 aromatic heterocycles. The molecule has 0 aliphatic rings. The van der Waals surface area contributed by atoms with Crippen LogP contribution in [0.3, 0.4) is 0 Å². The fourth-order valence-electron chi connectivity index (χ4n) is 1.79. The molecule has 0 saturated heterocycles. The number of aliphatic hydroxyl groups is 1. The van der Waals surface area contributed by atoms with Crippen molar-refractivity contribution in [1.29, 1.82) is 0 Å². The summed E-state index contributed by atoms with van der Waals surface area (Å²) < 4.78 is 13.0. The van der Waals surface area contributed by atoms with Gasteiger partial charge in [-0.1, -0.05) is 47.5 Å². The lowest BCUT2D eigenvalue weighted by Crippen LogP contribution is -2.43. The summed E-state index contributed by atoms with van der Waals surface area (Å²) in [5, 5.41) is 12.4. The Hall–Kier alpha value is -1.63. The third-order valence-electron chi connectivity index (χ3n) is 3.12. The van der Waals surface area contributed by atoms with E-state index in [9.17, 15) is 19.1 Å². The standard InChI is InChI=1S/C15H17Cl2FN2O3/c1-8(14(19)22)6-9-2-4-10(5-3-9)12(21)11(7-18)20-15(23)13(16)17/h2-6,11-13,21H,7H2,1H3,(H2,19,22)(H,20,23)/b8-6+/t11-,12-/m1/s1. The van der Waals surface area contributed by atoms with Crippen molar-refractivity contribution in [3.05, 3.63) is 41.0 Å². The lowest BCUT2D eigenvalue weighted by atomic mass is 10.0. The minimum Gasteiger partial charge on any atom is -0.386 e. The number of rotatable bonds is 7. The molecule has 126 valence electrons. The van der Waals surface area contributed by atoms with Crippen LogP contribution in [-0.2, 0) is 9.59 Å². The number of alkyl halides is 3. The summed E-state index contributed by atoms with van der Waals surface area (Å²) in [6.07, 6.45) is 0.310. The van der Waals surface area contributed by atoms with Gasteiger partial charge in [-0.15, -0.1) is 0 Å². The summed E-state index contributed by atoms with van der Waals surface area (Å²) in [7, 11) is 0. The van der Waals surface area contributed by atoms with E-state index >= 15 is 0 Å². The van der Waals surface area contributed by atoms with Crippen molar-refractivity contribution in [3.63, 3.8) is 0 Å². The second-order valence-electron chi connectivity index (χ2n) is 4.87. The molecule has 0 fully saturated rings. The van der Waals surface area contributed by atoms with Crippen LogP contribution in [0.4, 0.5) is 4.39 Å². The first-order valence-electron chi connectivity index (χ1n) is 6.67. The minimum atomic E-state index is -1.35. The molecular formula is C15H17Cl2FN2O3. The molecule has 1 rings (SSSR count). The van der Waals surface area contributed by atoms with Gasteiger partial charge in [0.2, 0.25) is 5.91 Å². The Bertz CT molecular complexity index is 591. The first-order chi connectivity index (χ1) is 10.8. The summed E-state index contributed by atoms with van der Waals surface area (Å²) >= 11 is 10.8. The van der Waals surface area contributed by atoms with Gasteiger partial charge in [0.05, 0.1) is 6.04 Å². The molecule has 5 nitrogen and oxygen atoms in total. The number of amides is 2. The first-order valence-corrected chi connectivity index (χ1v) is 7.54. The van der Waals surface area contributed by atoms with Crippen molar-refractivity contribution in [2.24, 2.45) is 5.73 Å². The van der Waals surface area contributed by atoms with Crippen LogP contribution in [-0.4, -0.2) is 34.5 Å². The zero-order chi connectivity index (χ0) is 17.6. The quantitative estimate of drug-likeness (QED) is 0.510. The predicted octanol–water partition coefficient (Wildman–Crippen LogP) is 1.87. The second-order valence-corrected chi connectivity index (χ2v) is 5.97. The zero-order valence-corrected chi connectivity index (χ0v) is 13.8. The Morgan fingerprint density at radius 2 is 1.91 bits per heavy atom. The van der Waals surface area contributed by atoms with Crippen LogP contribution in [0.15, 0.2) is 29.8 Å². The van der Waals surface area contributed by atoms with Crippen molar-refractivity contribution in [1.82, 2.24) is 5.32 Å². The van der Waals surface area contributed by atoms with Crippen LogP contribution in [0.25, 0.3) is 6.08 Å². The van der Waals surface area contributed by atoms with E-state index in [0.717, 1.165) is 0 Å². The van der Waals surface area contributed by atoms with Crippen LogP contribution < -0.4 is 11.1 Å². The molecular weight excluding hydrogens is 346 g/mol. The number of primary amides is 1. The number of nitrogens with two attached hydrogens (primary N) is 1. The molecule has 0 aliphatic heterocycles. The van der Waals surface area contributed by atoms with Gasteiger partial charge in [0.25, 0.3) is 5.91 Å². The number of carbonyl (C=O) groups excluding carboxylic acids is 2. The molecule has 1 aromatic carbocycles. The van der Waals surface area contributed by atoms with E-state index in [2.05, 4.69) is 5.32 Å². The van der Waals surface area contributed by atoms with E-state index in [1.54, 1.807) is 37.3 Å². The monoisotopic (exact) mass is 362 g/mol. The van der Waals surface area contributed by atoms with E-state index in [4.69, 9.17) is 28.9 Å². The summed E-state index contributed by atoms with van der Waals surface area (Å²) in [6.45, 7) is 0.588. The topological polar surface area (TPSA) is 92.4 Å². The first kappa shape index (κ1) is 19.4. The summed E-state index contributed by atoms with van der Waals surface area (Å²) in [5.74, 6) is -1.32. The highest BCUT2D eigenvalue weighted by Gasteiger charge is 2.25. The highest BCUT2D eigenvalue weighted by molar-refractivity contribution is 6.53. The number of nitrogens with one attached hydrogen (secondary N) is 1. The van der Waals surface area contributed by atoms with Gasteiger partial charge < -0.3 is 16.2 Å². The molecule has 0 aliphatic carbocycles. The number of benzene rings is 1. The molecule has 2 amide bonds. The molecule has 23 heavy (non-hydrogen) atoms. The van der Waals surface area contributed by atoms with Crippen LogP contribution in [0.5, 0.6) is 0 Å². The van der Waals surface area contributed by atoms with Crippen LogP contribution in [0.1, 0.15) is 24.2 Å². The molecule has 2 atom stereocenters. The van der Waals surface area contributed by atoms with E-state index in [1.807, 2.05) is 0 Å². The maximum absolute atomic E-state index is 13.0. The molecule has 8 heteroatoms. The largest absolute Gasteiger partial charge is 0.386 e. The number of halogens is 3. The highest BCUT2D eigenvalue weighted by Crippen LogP contribution is 2.19. The van der Waals surface area contributed by atoms with Gasteiger partial charge in [-0.3, -0.25) is 9.59 Å². The van der Waals surface area contributed by atoms with Gasteiger partial charge in [0.15, 0.2) is 4.84 Å². The van der Waals surface area contributed by atoms with E-state index in [0.29, 0.717) is 16.7 Å². The van der Waals surface area contributed by atoms with Crippen molar-refractivity contribution >= 4 is 41.1 Å². The molecule has 0 heterocycles. The molecule has 4 N–H and O–H groups in total. The Morgan fingerprint density at radius 1 is 1.35 bits per heavy atom. The Kier molecular flexibility index (Phi) is 7.48. The minimum absolute atomic E-state index is 0.377. The van der Waals surface area contributed by atoms with Gasteiger partial charge in [0.1, 0.15) is 12.8 Å². The molecule has 0 saturated carbocycles. The maximum atomic E-state index is 13.0. The fourth-order valence-corrected chi connectivity index (χ4v) is 1.92. The average molecular weight is 363 g/mol. The van der Waals surface area contributed by atoms with E-state index in [1.165, 1.54) is 0 Å². The van der Waals surface area contributed by atoms with Crippen molar-refractivity contribution in [3.8, 4) is 0 Å². The Labute approximate surface area is 143 Å².